The fraction of sp³-hybridized carbons (Fsp3) is 0.188. The van der Waals surface area contributed by atoms with Crippen molar-refractivity contribution in [3.63, 3.8) is 0 Å². The quantitative estimate of drug-likeness (QED) is 0.573. The molecule has 8 heteroatoms. The zero-order chi connectivity index (χ0) is 17.5. The first-order valence-electron chi connectivity index (χ1n) is 7.10. The number of amides is 2. The van der Waals surface area contributed by atoms with Gasteiger partial charge in [0.1, 0.15) is 5.75 Å². The van der Waals surface area contributed by atoms with Gasteiger partial charge in [-0.05, 0) is 48.6 Å². The molecule has 2 rings (SSSR count). The van der Waals surface area contributed by atoms with E-state index in [9.17, 15) is 9.59 Å². The number of hydrogen-bond donors (Lipinski definition) is 3. The lowest BCUT2D eigenvalue weighted by atomic mass is 10.1. The number of para-hydroxylation sites is 1. The van der Waals surface area contributed by atoms with Crippen LogP contribution in [0.25, 0.3) is 0 Å². The predicted octanol–water partition coefficient (Wildman–Crippen LogP) is 2.08. The van der Waals surface area contributed by atoms with Crippen molar-refractivity contribution in [2.45, 2.75) is 13.8 Å². The van der Waals surface area contributed by atoms with Crippen LogP contribution >= 0.6 is 23.6 Å². The van der Waals surface area contributed by atoms with Gasteiger partial charge in [0.05, 0.1) is 4.88 Å². The Morgan fingerprint density at radius 2 is 1.83 bits per heavy atom. The van der Waals surface area contributed by atoms with E-state index in [1.54, 1.807) is 17.5 Å². The second kappa shape index (κ2) is 8.42. The lowest BCUT2D eigenvalue weighted by molar-refractivity contribution is -0.123. The minimum absolute atomic E-state index is 0.00817. The lowest BCUT2D eigenvalue weighted by Crippen LogP contribution is -2.49. The molecule has 6 nitrogen and oxygen atoms in total. The van der Waals surface area contributed by atoms with E-state index in [0.29, 0.717) is 10.6 Å². The molecule has 1 aromatic heterocycles. The Kier molecular flexibility index (Phi) is 6.28. The maximum atomic E-state index is 11.8. The molecule has 126 valence electrons. The van der Waals surface area contributed by atoms with Crippen LogP contribution in [0.3, 0.4) is 0 Å². The number of thiophene rings is 1. The molecule has 1 aromatic carbocycles. The molecule has 0 atom stereocenters. The molecule has 0 aliphatic rings. The van der Waals surface area contributed by atoms with Gasteiger partial charge >= 0.3 is 0 Å². The normalized spacial score (nSPS) is 9.92. The summed E-state index contributed by atoms with van der Waals surface area (Å²) in [5.74, 6) is -0.0601. The highest BCUT2D eigenvalue weighted by Gasteiger charge is 2.10. The van der Waals surface area contributed by atoms with Gasteiger partial charge in [-0.15, -0.1) is 11.3 Å². The Bertz CT molecular complexity index is 725. The predicted molar refractivity (Wildman–Crippen MR) is 97.1 cm³/mol. The first-order valence-corrected chi connectivity index (χ1v) is 8.39. The Balaban J connectivity index is 1.75. The van der Waals surface area contributed by atoms with E-state index in [2.05, 4.69) is 16.2 Å². The fourth-order valence-electron chi connectivity index (χ4n) is 1.93. The van der Waals surface area contributed by atoms with Gasteiger partial charge in [0, 0.05) is 0 Å². The summed E-state index contributed by atoms with van der Waals surface area (Å²) < 4.78 is 5.52. The number of ether oxygens (including phenoxy) is 1. The summed E-state index contributed by atoms with van der Waals surface area (Å²) in [6, 6.07) is 9.19. The number of thiocarbonyl (C=S) groups is 1. The third-order valence-corrected chi connectivity index (χ3v) is 4.12. The van der Waals surface area contributed by atoms with Crippen molar-refractivity contribution in [1.29, 1.82) is 0 Å². The average molecular weight is 363 g/mol. The van der Waals surface area contributed by atoms with E-state index in [1.165, 1.54) is 11.3 Å². The summed E-state index contributed by atoms with van der Waals surface area (Å²) in [6.07, 6.45) is 0. The fourth-order valence-corrected chi connectivity index (χ4v) is 2.69. The molecule has 0 aliphatic heterocycles. The monoisotopic (exact) mass is 363 g/mol. The molecular weight excluding hydrogens is 346 g/mol. The number of nitrogens with one attached hydrogen (secondary N) is 3. The van der Waals surface area contributed by atoms with Crippen LogP contribution < -0.4 is 20.9 Å². The highest BCUT2D eigenvalue weighted by Crippen LogP contribution is 2.21. The zero-order valence-corrected chi connectivity index (χ0v) is 14.8. The highest BCUT2D eigenvalue weighted by atomic mass is 32.1. The van der Waals surface area contributed by atoms with E-state index < -0.39 is 5.91 Å². The zero-order valence-electron chi connectivity index (χ0n) is 13.2. The minimum Gasteiger partial charge on any atom is -0.483 e. The van der Waals surface area contributed by atoms with E-state index in [0.717, 1.165) is 11.1 Å². The van der Waals surface area contributed by atoms with Crippen LogP contribution in [-0.4, -0.2) is 23.5 Å². The van der Waals surface area contributed by atoms with Crippen molar-refractivity contribution >= 4 is 40.5 Å². The van der Waals surface area contributed by atoms with Gasteiger partial charge in [0.15, 0.2) is 11.7 Å². The third kappa shape index (κ3) is 5.04. The van der Waals surface area contributed by atoms with Gasteiger partial charge in [0.2, 0.25) is 0 Å². The summed E-state index contributed by atoms with van der Waals surface area (Å²) in [5.41, 5.74) is 6.75. The second-order valence-electron chi connectivity index (χ2n) is 4.94. The molecule has 0 spiro atoms. The number of carbonyl (C=O) groups excluding carboxylic acids is 2. The smallest absolute Gasteiger partial charge is 0.276 e. The summed E-state index contributed by atoms with van der Waals surface area (Å²) in [6.45, 7) is 3.65. The number of carbonyl (C=O) groups is 2. The molecule has 1 heterocycles. The maximum absolute atomic E-state index is 11.8. The van der Waals surface area contributed by atoms with Crippen molar-refractivity contribution in [1.82, 2.24) is 16.2 Å². The number of rotatable bonds is 4. The maximum Gasteiger partial charge on any atom is 0.276 e. The number of benzene rings is 1. The number of hydrazine groups is 1. The summed E-state index contributed by atoms with van der Waals surface area (Å²) in [7, 11) is 0. The Morgan fingerprint density at radius 1 is 1.12 bits per heavy atom. The highest BCUT2D eigenvalue weighted by molar-refractivity contribution is 7.80. The summed E-state index contributed by atoms with van der Waals surface area (Å²) in [5, 5.41) is 4.26. The van der Waals surface area contributed by atoms with Crippen molar-refractivity contribution in [3.8, 4) is 5.75 Å². The first-order chi connectivity index (χ1) is 11.5. The van der Waals surface area contributed by atoms with Gasteiger partial charge in [-0.2, -0.15) is 0 Å². The molecule has 0 saturated heterocycles. The lowest BCUT2D eigenvalue weighted by Gasteiger charge is -2.13. The second-order valence-corrected chi connectivity index (χ2v) is 6.30. The van der Waals surface area contributed by atoms with Gasteiger partial charge in [-0.25, -0.2) is 0 Å². The Morgan fingerprint density at radius 3 is 2.46 bits per heavy atom. The van der Waals surface area contributed by atoms with E-state index in [4.69, 9.17) is 17.0 Å². The molecule has 0 saturated carbocycles. The minimum atomic E-state index is -0.412. The van der Waals surface area contributed by atoms with Gasteiger partial charge in [-0.1, -0.05) is 24.3 Å². The molecule has 2 amide bonds. The van der Waals surface area contributed by atoms with E-state index in [1.807, 2.05) is 32.0 Å². The average Bonchev–Trinajstić information content (AvgIpc) is 3.07. The van der Waals surface area contributed by atoms with Crippen LogP contribution in [0.2, 0.25) is 0 Å². The molecule has 2 aromatic rings. The SMILES string of the molecule is Cc1cccc(C)c1OCC(=O)NNC(=S)NC(=O)c1cccs1. The van der Waals surface area contributed by atoms with Crippen LogP contribution in [0, 0.1) is 13.8 Å². The summed E-state index contributed by atoms with van der Waals surface area (Å²) >= 11 is 6.25. The Hall–Kier alpha value is -2.45. The molecule has 0 aliphatic carbocycles. The number of hydrogen-bond acceptors (Lipinski definition) is 5. The molecule has 0 unspecified atom stereocenters. The van der Waals surface area contributed by atoms with Crippen LogP contribution in [0.4, 0.5) is 0 Å². The van der Waals surface area contributed by atoms with E-state index in [-0.39, 0.29) is 17.6 Å². The standard InChI is InChI=1S/C16H17N3O3S2/c1-10-5-3-6-11(2)14(10)22-9-13(20)18-19-16(23)17-15(21)12-7-4-8-24-12/h3-8H,9H2,1-2H3,(H,18,20)(H2,17,19,21,23). The summed E-state index contributed by atoms with van der Waals surface area (Å²) in [4.78, 5) is 24.1. The van der Waals surface area contributed by atoms with Gasteiger partial charge in [0.25, 0.3) is 11.8 Å². The van der Waals surface area contributed by atoms with Crippen LogP contribution in [-0.2, 0) is 4.79 Å². The molecule has 0 bridgehead atoms. The molecule has 0 radical (unpaired) electrons. The molecule has 3 N–H and O–H groups in total. The molecular formula is C16H17N3O3S2. The number of aryl methyl sites for hydroxylation is 2. The van der Waals surface area contributed by atoms with Crippen LogP contribution in [0.1, 0.15) is 20.8 Å². The van der Waals surface area contributed by atoms with Crippen molar-refractivity contribution in [3.05, 3.63) is 51.7 Å². The van der Waals surface area contributed by atoms with Crippen LogP contribution in [0.15, 0.2) is 35.7 Å². The van der Waals surface area contributed by atoms with Crippen molar-refractivity contribution in [2.24, 2.45) is 0 Å². The van der Waals surface area contributed by atoms with E-state index >= 15 is 0 Å². The van der Waals surface area contributed by atoms with Gasteiger partial charge in [-0.3, -0.25) is 25.8 Å². The topological polar surface area (TPSA) is 79.5 Å². The van der Waals surface area contributed by atoms with Crippen molar-refractivity contribution < 1.29 is 14.3 Å². The third-order valence-electron chi connectivity index (χ3n) is 3.04. The Labute approximate surface area is 149 Å². The molecule has 24 heavy (non-hydrogen) atoms. The largest absolute Gasteiger partial charge is 0.483 e. The van der Waals surface area contributed by atoms with Crippen LogP contribution in [0.5, 0.6) is 5.75 Å². The first kappa shape index (κ1) is 17.9. The molecule has 0 fully saturated rings. The van der Waals surface area contributed by atoms with Gasteiger partial charge < -0.3 is 4.74 Å². The van der Waals surface area contributed by atoms with Crippen molar-refractivity contribution in [2.75, 3.05) is 6.61 Å².